The van der Waals surface area contributed by atoms with Gasteiger partial charge >= 0.3 is 23.9 Å². The second kappa shape index (κ2) is 17.1. The van der Waals surface area contributed by atoms with Crippen molar-refractivity contribution in [2.45, 2.75) is 122 Å². The lowest BCUT2D eigenvalue weighted by Gasteiger charge is -2.41. The summed E-state index contributed by atoms with van der Waals surface area (Å²) < 4.78 is 0. The van der Waals surface area contributed by atoms with Gasteiger partial charge in [0.15, 0.2) is 0 Å². The monoisotopic (exact) mass is 664 g/mol. The predicted octanol–water partition coefficient (Wildman–Crippen LogP) is 4.81. The van der Waals surface area contributed by atoms with Gasteiger partial charge in [-0.25, -0.2) is 0 Å². The van der Waals surface area contributed by atoms with Crippen LogP contribution in [0.5, 0.6) is 0 Å². The third-order valence-electron chi connectivity index (χ3n) is 12.3. The minimum atomic E-state index is -0.985. The maximum Gasteiger partial charge on any atom is 0.308 e. The Kier molecular flexibility index (Phi) is 13.5. The van der Waals surface area contributed by atoms with Crippen LogP contribution in [-0.2, 0) is 28.8 Å². The maximum absolute atomic E-state index is 13.5. The highest BCUT2D eigenvalue weighted by atomic mass is 16.6. The summed E-state index contributed by atoms with van der Waals surface area (Å²) in [5.74, 6) is -5.13. The second-order valence-corrected chi connectivity index (χ2v) is 15.0. The molecule has 12 unspecified atom stereocenters. The van der Waals surface area contributed by atoms with E-state index in [0.29, 0.717) is 43.4 Å². The van der Waals surface area contributed by atoms with E-state index in [1.807, 2.05) is 0 Å². The van der Waals surface area contributed by atoms with E-state index in [9.17, 15) is 44.4 Å². The minimum Gasteiger partial charge on any atom is -0.481 e. The molecule has 0 aromatic rings. The van der Waals surface area contributed by atoms with Gasteiger partial charge < -0.3 is 30.6 Å². The largest absolute Gasteiger partial charge is 0.481 e. The zero-order valence-electron chi connectivity index (χ0n) is 28.0. The Bertz CT molecular complexity index is 1120. The molecule has 12 heteroatoms. The van der Waals surface area contributed by atoms with Gasteiger partial charge in [-0.15, -0.1) is 0 Å². The van der Waals surface area contributed by atoms with Gasteiger partial charge in [0.05, 0.1) is 30.3 Å². The van der Waals surface area contributed by atoms with Gasteiger partial charge in [-0.1, -0.05) is 26.7 Å². The van der Waals surface area contributed by atoms with Gasteiger partial charge in [0.1, 0.15) is 0 Å². The van der Waals surface area contributed by atoms with Crippen LogP contribution in [-0.4, -0.2) is 68.9 Å². The quantitative estimate of drug-likeness (QED) is 0.139. The fourth-order valence-corrected chi connectivity index (χ4v) is 9.42. The first-order valence-electron chi connectivity index (χ1n) is 18.0. The van der Waals surface area contributed by atoms with Crippen molar-refractivity contribution in [2.75, 3.05) is 6.61 Å². The van der Waals surface area contributed by atoms with Crippen LogP contribution in [0.4, 0.5) is 0 Å². The van der Waals surface area contributed by atoms with Crippen molar-refractivity contribution in [3.63, 3.8) is 0 Å². The molecule has 47 heavy (non-hydrogen) atoms. The number of hydrogen-bond acceptors (Lipinski definition) is 7. The first-order valence-corrected chi connectivity index (χ1v) is 18.0. The molecule has 0 heterocycles. The topological polar surface area (TPSA) is 200 Å². The summed E-state index contributed by atoms with van der Waals surface area (Å²) in [5, 5.41) is 41.2. The number of rotatable bonds is 14. The lowest BCUT2D eigenvalue weighted by Crippen LogP contribution is -2.51. The molecule has 0 radical (unpaired) electrons. The molecule has 0 saturated heterocycles. The molecule has 4 fully saturated rings. The number of aliphatic carboxylic acids is 4. The van der Waals surface area contributed by atoms with Gasteiger partial charge in [-0.3, -0.25) is 24.0 Å². The SMILES string of the molecule is CCC1CC(CC2CCC(C(=O)NC3CC(C(=O)O)CCC3C(=O)O)C(CC)C2)CCC1NOCC1CC(C(=O)O)CCC1C(=O)O. The van der Waals surface area contributed by atoms with Gasteiger partial charge in [0, 0.05) is 18.0 Å². The Labute approximate surface area is 277 Å². The number of carbonyl (C=O) groups is 5. The van der Waals surface area contributed by atoms with E-state index < -0.39 is 53.6 Å². The maximum atomic E-state index is 13.5. The van der Waals surface area contributed by atoms with Crippen LogP contribution >= 0.6 is 0 Å². The molecular formula is C35H56N2O10. The molecule has 12 nitrogen and oxygen atoms in total. The number of carbonyl (C=O) groups excluding carboxylic acids is 1. The molecule has 4 saturated carbocycles. The summed E-state index contributed by atoms with van der Waals surface area (Å²) in [4.78, 5) is 66.0. The molecular weight excluding hydrogens is 608 g/mol. The van der Waals surface area contributed by atoms with E-state index in [0.717, 1.165) is 57.8 Å². The highest BCUT2D eigenvalue weighted by molar-refractivity contribution is 5.81. The Morgan fingerprint density at radius 2 is 1.13 bits per heavy atom. The number of hydroxylamine groups is 1. The highest BCUT2D eigenvalue weighted by Crippen LogP contribution is 2.43. The van der Waals surface area contributed by atoms with Gasteiger partial charge in [-0.2, -0.15) is 5.48 Å². The summed E-state index contributed by atoms with van der Waals surface area (Å²) >= 11 is 0. The van der Waals surface area contributed by atoms with Crippen LogP contribution in [0.15, 0.2) is 0 Å². The molecule has 4 aliphatic carbocycles. The van der Waals surface area contributed by atoms with Gasteiger partial charge in [0.25, 0.3) is 0 Å². The average molecular weight is 665 g/mol. The Morgan fingerprint density at radius 3 is 1.72 bits per heavy atom. The second-order valence-electron chi connectivity index (χ2n) is 15.0. The molecule has 4 rings (SSSR count). The van der Waals surface area contributed by atoms with E-state index in [4.69, 9.17) is 4.84 Å². The van der Waals surface area contributed by atoms with Crippen LogP contribution in [0.25, 0.3) is 0 Å². The number of nitrogens with one attached hydrogen (secondary N) is 2. The van der Waals surface area contributed by atoms with Crippen molar-refractivity contribution in [2.24, 2.45) is 59.2 Å². The van der Waals surface area contributed by atoms with Crippen LogP contribution < -0.4 is 10.8 Å². The molecule has 1 amide bonds. The molecule has 0 aromatic carbocycles. The van der Waals surface area contributed by atoms with E-state index in [1.165, 1.54) is 0 Å². The van der Waals surface area contributed by atoms with E-state index in [-0.39, 0.29) is 49.2 Å². The molecule has 6 N–H and O–H groups in total. The van der Waals surface area contributed by atoms with Gasteiger partial charge in [-0.05, 0) is 113 Å². The summed E-state index contributed by atoms with van der Waals surface area (Å²) in [6.45, 7) is 4.47. The number of carboxylic acid groups (broad SMARTS) is 4. The molecule has 4 aliphatic rings. The van der Waals surface area contributed by atoms with Crippen LogP contribution in [0.3, 0.4) is 0 Å². The fraction of sp³-hybridized carbons (Fsp3) is 0.857. The molecule has 0 aliphatic heterocycles. The highest BCUT2D eigenvalue weighted by Gasteiger charge is 2.42. The fourth-order valence-electron chi connectivity index (χ4n) is 9.42. The summed E-state index contributed by atoms with van der Waals surface area (Å²) in [5.41, 5.74) is 3.23. The zero-order valence-corrected chi connectivity index (χ0v) is 28.0. The zero-order chi connectivity index (χ0) is 34.2. The lowest BCUT2D eigenvalue weighted by molar-refractivity contribution is -0.153. The molecule has 12 atom stereocenters. The van der Waals surface area contributed by atoms with Crippen molar-refractivity contribution in [1.82, 2.24) is 10.8 Å². The molecule has 266 valence electrons. The van der Waals surface area contributed by atoms with Crippen LogP contribution in [0.1, 0.15) is 110 Å². The van der Waals surface area contributed by atoms with Crippen LogP contribution in [0.2, 0.25) is 0 Å². The average Bonchev–Trinajstić information content (AvgIpc) is 3.04. The Morgan fingerprint density at radius 1 is 0.574 bits per heavy atom. The standard InChI is InChI=1S/C35H56N2O10/c1-3-21-14-19(5-9-26(21)31(38)36-30-17-24(33(41)42)8-11-28(30)35(45)46)13-20-6-12-29(22(4-2)15-20)37-47-18-25-16-23(32(39)40)7-10-27(25)34(43)44/h19-30,37H,3-18H2,1-2H3,(H,36,38)(H,39,40)(H,41,42)(H,43,44)(H,45,46). The Balaban J connectivity index is 1.24. The normalized spacial score (nSPS) is 37.8. The molecule has 0 aromatic heterocycles. The summed E-state index contributed by atoms with van der Waals surface area (Å²) in [7, 11) is 0. The minimum absolute atomic E-state index is 0.128. The van der Waals surface area contributed by atoms with Crippen molar-refractivity contribution in [1.29, 1.82) is 0 Å². The molecule has 0 bridgehead atoms. The van der Waals surface area contributed by atoms with Crippen molar-refractivity contribution in [3.05, 3.63) is 0 Å². The lowest BCUT2D eigenvalue weighted by atomic mass is 9.67. The summed E-state index contributed by atoms with van der Waals surface area (Å²) in [6.07, 6.45) is 10.5. The van der Waals surface area contributed by atoms with Crippen LogP contribution in [0, 0.1) is 59.2 Å². The van der Waals surface area contributed by atoms with Crippen molar-refractivity contribution < 1.29 is 49.2 Å². The van der Waals surface area contributed by atoms with E-state index in [1.54, 1.807) is 0 Å². The van der Waals surface area contributed by atoms with Crippen molar-refractivity contribution >= 4 is 29.8 Å². The summed E-state index contributed by atoms with van der Waals surface area (Å²) in [6, 6.07) is -0.497. The van der Waals surface area contributed by atoms with E-state index in [2.05, 4.69) is 24.6 Å². The molecule has 0 spiro atoms. The smallest absolute Gasteiger partial charge is 0.308 e. The number of hydrogen-bond donors (Lipinski definition) is 6. The first-order chi connectivity index (χ1) is 22.4. The number of amides is 1. The predicted molar refractivity (Wildman–Crippen MR) is 171 cm³/mol. The third-order valence-corrected chi connectivity index (χ3v) is 12.3. The number of carboxylic acids is 4. The van der Waals surface area contributed by atoms with Crippen molar-refractivity contribution in [3.8, 4) is 0 Å². The Hall–Kier alpha value is -2.73. The van der Waals surface area contributed by atoms with Gasteiger partial charge in [0.2, 0.25) is 5.91 Å². The first kappa shape index (κ1) is 37.1. The third kappa shape index (κ3) is 9.68. The van der Waals surface area contributed by atoms with E-state index >= 15 is 0 Å².